The number of carbonyl (C=O) groups excluding carboxylic acids is 1. The first-order valence-electron chi connectivity index (χ1n) is 5.77. The zero-order valence-electron chi connectivity index (χ0n) is 10.0. The first-order valence-corrected chi connectivity index (χ1v) is 7.05. The predicted octanol–water partition coefficient (Wildman–Crippen LogP) is 1.99. The number of hydrogen-bond acceptors (Lipinski definition) is 4. The van der Waals surface area contributed by atoms with Gasteiger partial charge in [-0.3, -0.25) is 4.79 Å². The van der Waals surface area contributed by atoms with E-state index < -0.39 is 5.97 Å². The average molecular weight is 269 g/mol. The molecule has 0 spiro atoms. The van der Waals surface area contributed by atoms with Gasteiger partial charge in [0.15, 0.2) is 5.76 Å². The van der Waals surface area contributed by atoms with Crippen LogP contribution in [0, 0.1) is 0 Å². The summed E-state index contributed by atoms with van der Waals surface area (Å²) in [6.07, 6.45) is 5.09. The van der Waals surface area contributed by atoms with Crippen LogP contribution in [0.25, 0.3) is 0 Å². The maximum atomic E-state index is 11.8. The summed E-state index contributed by atoms with van der Waals surface area (Å²) >= 11 is 1.81. The van der Waals surface area contributed by atoms with Gasteiger partial charge in [0, 0.05) is 11.3 Å². The second kappa shape index (κ2) is 5.48. The van der Waals surface area contributed by atoms with Crippen molar-refractivity contribution in [1.29, 1.82) is 0 Å². The molecule has 0 radical (unpaired) electrons. The van der Waals surface area contributed by atoms with Crippen LogP contribution in [0.3, 0.4) is 0 Å². The van der Waals surface area contributed by atoms with Crippen LogP contribution in [-0.4, -0.2) is 34.5 Å². The summed E-state index contributed by atoms with van der Waals surface area (Å²) < 4.78 is 4.95. The van der Waals surface area contributed by atoms with E-state index >= 15 is 0 Å². The zero-order chi connectivity index (χ0) is 13.1. The molecule has 1 aliphatic carbocycles. The van der Waals surface area contributed by atoms with Gasteiger partial charge in [-0.2, -0.15) is 11.8 Å². The van der Waals surface area contributed by atoms with Gasteiger partial charge in [-0.15, -0.1) is 0 Å². The molecule has 6 heteroatoms. The Morgan fingerprint density at radius 2 is 2.11 bits per heavy atom. The predicted molar refractivity (Wildman–Crippen MR) is 68.1 cm³/mol. The van der Waals surface area contributed by atoms with E-state index in [4.69, 9.17) is 9.52 Å². The van der Waals surface area contributed by atoms with Crippen LogP contribution in [0.5, 0.6) is 0 Å². The van der Waals surface area contributed by atoms with Crippen LogP contribution in [0.4, 0.5) is 0 Å². The lowest BCUT2D eigenvalue weighted by Crippen LogP contribution is -2.32. The van der Waals surface area contributed by atoms with Gasteiger partial charge < -0.3 is 14.8 Å². The van der Waals surface area contributed by atoms with Crippen LogP contribution in [0.2, 0.25) is 0 Å². The number of carbonyl (C=O) groups is 2. The number of carboxylic acids is 1. The Labute approximate surface area is 109 Å². The highest BCUT2D eigenvalue weighted by Gasteiger charge is 2.26. The molecule has 0 saturated heterocycles. The molecule has 1 heterocycles. The number of rotatable bonds is 4. The Hall–Kier alpha value is -1.43. The normalized spacial score (nSPS) is 22.9. The molecule has 1 aromatic heterocycles. The summed E-state index contributed by atoms with van der Waals surface area (Å²) in [6.45, 7) is 0. The fourth-order valence-electron chi connectivity index (χ4n) is 2.12. The van der Waals surface area contributed by atoms with E-state index in [2.05, 4.69) is 11.6 Å². The Bertz CT molecular complexity index is 457. The molecule has 0 bridgehead atoms. The minimum absolute atomic E-state index is 0.0556. The fraction of sp³-hybridized carbons (Fsp3) is 0.500. The Morgan fingerprint density at radius 1 is 1.39 bits per heavy atom. The first-order chi connectivity index (χ1) is 8.60. The lowest BCUT2D eigenvalue weighted by molar-refractivity contribution is 0.0659. The number of amides is 1. The molecule has 1 aromatic rings. The Kier molecular flexibility index (Phi) is 3.96. The van der Waals surface area contributed by atoms with Gasteiger partial charge in [-0.25, -0.2) is 4.79 Å². The minimum atomic E-state index is -1.17. The molecule has 1 amide bonds. The maximum absolute atomic E-state index is 11.8. The molecule has 0 aromatic carbocycles. The van der Waals surface area contributed by atoms with Crippen LogP contribution in [0.15, 0.2) is 16.5 Å². The molecule has 18 heavy (non-hydrogen) atoms. The van der Waals surface area contributed by atoms with Gasteiger partial charge in [0.25, 0.3) is 5.91 Å². The number of thioether (sulfide) groups is 1. The lowest BCUT2D eigenvalue weighted by atomic mass is 10.2. The molecule has 2 unspecified atom stereocenters. The molecule has 5 nitrogen and oxygen atoms in total. The molecule has 2 rings (SSSR count). The van der Waals surface area contributed by atoms with Crippen molar-refractivity contribution in [2.24, 2.45) is 0 Å². The molecule has 98 valence electrons. The molecule has 1 saturated carbocycles. The summed E-state index contributed by atoms with van der Waals surface area (Å²) in [4.78, 5) is 22.5. The van der Waals surface area contributed by atoms with Gasteiger partial charge in [0.05, 0.1) is 0 Å². The van der Waals surface area contributed by atoms with Crippen molar-refractivity contribution in [2.75, 3.05) is 6.26 Å². The van der Waals surface area contributed by atoms with Crippen LogP contribution >= 0.6 is 11.8 Å². The summed E-state index contributed by atoms with van der Waals surface area (Å²) in [7, 11) is 0. The second-order valence-electron chi connectivity index (χ2n) is 4.31. The third-order valence-corrected chi connectivity index (χ3v) is 4.19. The highest BCUT2D eigenvalue weighted by molar-refractivity contribution is 7.99. The monoisotopic (exact) mass is 269 g/mol. The lowest BCUT2D eigenvalue weighted by Gasteiger charge is -2.11. The standard InChI is InChI=1S/C12H15NO4S/c1-18-8-3-2-7(6-8)13-11(14)9-4-5-10(17-9)12(15)16/h4-5,7-8H,2-3,6H2,1H3,(H,13,14)(H,15,16). The molecule has 2 N–H and O–H groups in total. The van der Waals surface area contributed by atoms with Gasteiger partial charge >= 0.3 is 5.97 Å². The number of nitrogens with one attached hydrogen (secondary N) is 1. The second-order valence-corrected chi connectivity index (χ2v) is 5.45. The van der Waals surface area contributed by atoms with Crippen molar-refractivity contribution in [2.45, 2.75) is 30.6 Å². The van der Waals surface area contributed by atoms with Crippen molar-refractivity contribution < 1.29 is 19.1 Å². The van der Waals surface area contributed by atoms with Gasteiger partial charge in [-0.05, 0) is 37.7 Å². The minimum Gasteiger partial charge on any atom is -0.475 e. The summed E-state index contributed by atoms with van der Waals surface area (Å²) in [5.74, 6) is -1.67. The molecule has 1 aliphatic rings. The summed E-state index contributed by atoms with van der Waals surface area (Å²) in [5, 5.41) is 12.2. The largest absolute Gasteiger partial charge is 0.475 e. The van der Waals surface area contributed by atoms with Gasteiger partial charge in [0.1, 0.15) is 0 Å². The van der Waals surface area contributed by atoms with Crippen LogP contribution < -0.4 is 5.32 Å². The van der Waals surface area contributed by atoms with E-state index in [1.165, 1.54) is 12.1 Å². The van der Waals surface area contributed by atoms with E-state index in [1.54, 1.807) is 0 Å². The highest BCUT2D eigenvalue weighted by atomic mass is 32.2. The number of carboxylic acid groups (broad SMARTS) is 1. The highest BCUT2D eigenvalue weighted by Crippen LogP contribution is 2.28. The molecular weight excluding hydrogens is 254 g/mol. The van der Waals surface area contributed by atoms with Crippen molar-refractivity contribution >= 4 is 23.6 Å². The van der Waals surface area contributed by atoms with Crippen LogP contribution in [0.1, 0.15) is 40.4 Å². The maximum Gasteiger partial charge on any atom is 0.371 e. The quantitative estimate of drug-likeness (QED) is 0.873. The van der Waals surface area contributed by atoms with E-state index in [9.17, 15) is 9.59 Å². The number of hydrogen-bond donors (Lipinski definition) is 2. The molecule has 1 fully saturated rings. The smallest absolute Gasteiger partial charge is 0.371 e. The Balaban J connectivity index is 1.93. The van der Waals surface area contributed by atoms with E-state index in [-0.39, 0.29) is 23.5 Å². The SMILES string of the molecule is CSC1CCC(NC(=O)c2ccc(C(=O)O)o2)C1. The zero-order valence-corrected chi connectivity index (χ0v) is 10.8. The Morgan fingerprint density at radius 3 is 2.67 bits per heavy atom. The molecule has 0 aliphatic heterocycles. The number of furan rings is 1. The summed E-state index contributed by atoms with van der Waals surface area (Å²) in [5.41, 5.74) is 0. The first kappa shape index (κ1) is 13.0. The summed E-state index contributed by atoms with van der Waals surface area (Å²) in [6, 6.07) is 2.84. The average Bonchev–Trinajstić information content (AvgIpc) is 2.97. The third kappa shape index (κ3) is 2.87. The van der Waals surface area contributed by atoms with Crippen molar-refractivity contribution in [3.05, 3.63) is 23.7 Å². The van der Waals surface area contributed by atoms with E-state index in [0.717, 1.165) is 19.3 Å². The topological polar surface area (TPSA) is 79.5 Å². The third-order valence-electron chi connectivity index (χ3n) is 3.09. The molecular formula is C12H15NO4S. The van der Waals surface area contributed by atoms with Crippen molar-refractivity contribution in [1.82, 2.24) is 5.32 Å². The van der Waals surface area contributed by atoms with Gasteiger partial charge in [0.2, 0.25) is 5.76 Å². The van der Waals surface area contributed by atoms with Crippen molar-refractivity contribution in [3.63, 3.8) is 0 Å². The van der Waals surface area contributed by atoms with E-state index in [1.807, 2.05) is 11.8 Å². The molecule has 2 atom stereocenters. The van der Waals surface area contributed by atoms with E-state index in [0.29, 0.717) is 5.25 Å². The van der Waals surface area contributed by atoms with Crippen LogP contribution in [-0.2, 0) is 0 Å². The number of aromatic carboxylic acids is 1. The van der Waals surface area contributed by atoms with Gasteiger partial charge in [-0.1, -0.05) is 0 Å². The van der Waals surface area contributed by atoms with Crippen molar-refractivity contribution in [3.8, 4) is 0 Å². The fourth-order valence-corrected chi connectivity index (χ4v) is 2.91.